The van der Waals surface area contributed by atoms with Crippen LogP contribution in [0.25, 0.3) is 10.9 Å². The fourth-order valence-corrected chi connectivity index (χ4v) is 5.72. The molecule has 8 nitrogen and oxygen atoms in total. The molecular formula is C28H37N5O3. The van der Waals surface area contributed by atoms with Gasteiger partial charge in [-0.3, -0.25) is 14.4 Å². The van der Waals surface area contributed by atoms with Gasteiger partial charge in [0, 0.05) is 49.9 Å². The van der Waals surface area contributed by atoms with E-state index in [-0.39, 0.29) is 6.10 Å². The number of unbranched alkanes of at least 4 members (excludes halogenated alkanes) is 2. The van der Waals surface area contributed by atoms with Crippen LogP contribution in [-0.2, 0) is 23.0 Å². The van der Waals surface area contributed by atoms with Crippen LogP contribution < -0.4 is 5.32 Å². The number of likely N-dealkylation sites (tertiary alicyclic amines) is 1. The Bertz CT molecular complexity index is 1230. The first kappa shape index (κ1) is 24.7. The van der Waals surface area contributed by atoms with Gasteiger partial charge < -0.3 is 15.2 Å². The maximum absolute atomic E-state index is 12.2. The molecule has 2 unspecified atom stereocenters. The summed E-state index contributed by atoms with van der Waals surface area (Å²) in [7, 11) is 1.88. The van der Waals surface area contributed by atoms with Gasteiger partial charge in [0.25, 0.3) is 0 Å². The lowest BCUT2D eigenvalue weighted by atomic mass is 9.96. The van der Waals surface area contributed by atoms with E-state index in [2.05, 4.69) is 28.4 Å². The number of rotatable bonds is 10. The number of hydrogen-bond acceptors (Lipinski definition) is 6. The van der Waals surface area contributed by atoms with E-state index in [1.807, 2.05) is 43.3 Å². The van der Waals surface area contributed by atoms with Gasteiger partial charge in [-0.05, 0) is 50.7 Å². The number of benzene rings is 1. The molecule has 1 fully saturated rings. The van der Waals surface area contributed by atoms with Gasteiger partial charge in [-0.15, -0.1) is 0 Å². The molecule has 0 spiro atoms. The molecule has 0 radical (unpaired) electrons. The van der Waals surface area contributed by atoms with Crippen molar-refractivity contribution >= 4 is 22.7 Å². The summed E-state index contributed by atoms with van der Waals surface area (Å²) in [5, 5.41) is 19.1. The summed E-state index contributed by atoms with van der Waals surface area (Å²) in [6, 6.07) is 7.90. The molecule has 5 rings (SSSR count). The molecule has 192 valence electrons. The highest BCUT2D eigenvalue weighted by molar-refractivity contribution is 5.89. The number of para-hydroxylation sites is 1. The Labute approximate surface area is 212 Å². The molecule has 3 aromatic rings. The summed E-state index contributed by atoms with van der Waals surface area (Å²) in [5.74, 6) is 0.230. The van der Waals surface area contributed by atoms with Crippen molar-refractivity contribution in [3.8, 4) is 0 Å². The van der Waals surface area contributed by atoms with E-state index in [1.54, 1.807) is 4.68 Å². The molecule has 0 bridgehead atoms. The zero-order valence-electron chi connectivity index (χ0n) is 21.5. The van der Waals surface area contributed by atoms with Crippen molar-refractivity contribution in [2.45, 2.75) is 70.6 Å². The van der Waals surface area contributed by atoms with Crippen LogP contribution in [-0.4, -0.2) is 62.6 Å². The molecule has 1 aromatic carbocycles. The van der Waals surface area contributed by atoms with Crippen molar-refractivity contribution in [3.05, 3.63) is 52.8 Å². The normalized spacial score (nSPS) is 19.0. The van der Waals surface area contributed by atoms with Crippen LogP contribution in [0, 0.1) is 13.8 Å². The van der Waals surface area contributed by atoms with Crippen LogP contribution in [0.3, 0.4) is 0 Å². The Hall–Kier alpha value is -2.97. The van der Waals surface area contributed by atoms with E-state index >= 15 is 0 Å². The number of hydrogen-bond donors (Lipinski definition) is 2. The second-order valence-corrected chi connectivity index (χ2v) is 10.4. The quantitative estimate of drug-likeness (QED) is 0.406. The predicted molar refractivity (Wildman–Crippen MR) is 140 cm³/mol. The third-order valence-corrected chi connectivity index (χ3v) is 7.61. The van der Waals surface area contributed by atoms with Crippen LogP contribution in [0.2, 0.25) is 0 Å². The second-order valence-electron chi connectivity index (χ2n) is 10.4. The van der Waals surface area contributed by atoms with Gasteiger partial charge in [0.05, 0.1) is 17.3 Å². The lowest BCUT2D eigenvalue weighted by Crippen LogP contribution is -2.55. The minimum atomic E-state index is -0.830. The van der Waals surface area contributed by atoms with Crippen LogP contribution in [0.15, 0.2) is 30.5 Å². The van der Waals surface area contributed by atoms with E-state index in [4.69, 9.17) is 4.74 Å². The van der Waals surface area contributed by atoms with Crippen molar-refractivity contribution in [1.82, 2.24) is 19.7 Å². The van der Waals surface area contributed by atoms with Gasteiger partial charge in [0.2, 0.25) is 0 Å². The molecule has 1 saturated heterocycles. The van der Waals surface area contributed by atoms with E-state index in [0.29, 0.717) is 19.1 Å². The van der Waals surface area contributed by atoms with Crippen molar-refractivity contribution in [1.29, 1.82) is 0 Å². The molecule has 2 atom stereocenters. The van der Waals surface area contributed by atoms with Gasteiger partial charge in [0.1, 0.15) is 11.9 Å². The first-order valence-corrected chi connectivity index (χ1v) is 13.1. The van der Waals surface area contributed by atoms with Gasteiger partial charge in [0.15, 0.2) is 0 Å². The summed E-state index contributed by atoms with van der Waals surface area (Å²) in [5.41, 5.74) is 5.17. The van der Waals surface area contributed by atoms with Crippen molar-refractivity contribution in [2.75, 3.05) is 25.0 Å². The first-order valence-electron chi connectivity index (χ1n) is 13.1. The maximum atomic E-state index is 12.2. The highest BCUT2D eigenvalue weighted by Crippen LogP contribution is 2.33. The maximum Gasteiger partial charge on any atom is 0.325 e. The molecule has 0 amide bonds. The van der Waals surface area contributed by atoms with Gasteiger partial charge in [-0.25, -0.2) is 4.98 Å². The van der Waals surface area contributed by atoms with Crippen molar-refractivity contribution in [3.63, 3.8) is 0 Å². The second kappa shape index (κ2) is 10.6. The summed E-state index contributed by atoms with van der Waals surface area (Å²) < 4.78 is 7.86. The third-order valence-electron chi connectivity index (χ3n) is 7.61. The highest BCUT2D eigenvalue weighted by atomic mass is 16.5. The first-order chi connectivity index (χ1) is 17.4. The summed E-state index contributed by atoms with van der Waals surface area (Å²) in [6.45, 7) is 6.06. The monoisotopic (exact) mass is 491 g/mol. The SMILES string of the molecule is Cc1cnc2c(c1)CCC(CCCCCOC1CN(C(C(=O)O)c3cccc4c(C)nn(C)c34)C1)N2. The lowest BCUT2D eigenvalue weighted by Gasteiger charge is -2.42. The van der Waals surface area contributed by atoms with Crippen LogP contribution >= 0.6 is 0 Å². The molecule has 8 heteroatoms. The number of carboxylic acids is 1. The van der Waals surface area contributed by atoms with Gasteiger partial charge >= 0.3 is 5.97 Å². The van der Waals surface area contributed by atoms with E-state index in [0.717, 1.165) is 60.3 Å². The minimum absolute atomic E-state index is 0.102. The van der Waals surface area contributed by atoms with E-state index < -0.39 is 12.0 Å². The Morgan fingerprint density at radius 1 is 1.25 bits per heavy atom. The number of carboxylic acid groups (broad SMARTS) is 1. The van der Waals surface area contributed by atoms with Crippen molar-refractivity contribution in [2.24, 2.45) is 7.05 Å². The Morgan fingerprint density at radius 2 is 2.08 bits per heavy atom. The number of nitrogens with zero attached hydrogens (tertiary/aromatic N) is 4. The predicted octanol–water partition coefficient (Wildman–Crippen LogP) is 4.40. The average Bonchev–Trinajstić information content (AvgIpc) is 3.12. The zero-order valence-corrected chi connectivity index (χ0v) is 21.5. The summed E-state index contributed by atoms with van der Waals surface area (Å²) in [6.07, 6.45) is 8.82. The molecular weight excluding hydrogens is 454 g/mol. The molecule has 0 aliphatic carbocycles. The molecule has 2 aliphatic heterocycles. The molecule has 0 saturated carbocycles. The molecule has 4 heterocycles. The molecule has 2 aliphatic rings. The van der Waals surface area contributed by atoms with Crippen LogP contribution in [0.4, 0.5) is 5.82 Å². The molecule has 2 aromatic heterocycles. The number of aryl methyl sites for hydroxylation is 4. The Balaban J connectivity index is 1.04. The summed E-state index contributed by atoms with van der Waals surface area (Å²) >= 11 is 0. The minimum Gasteiger partial charge on any atom is -0.480 e. The van der Waals surface area contributed by atoms with E-state index in [9.17, 15) is 9.90 Å². The van der Waals surface area contributed by atoms with E-state index in [1.165, 1.54) is 24.0 Å². The number of aliphatic carboxylic acids is 1. The smallest absolute Gasteiger partial charge is 0.325 e. The number of carbonyl (C=O) groups is 1. The average molecular weight is 492 g/mol. The Kier molecular flexibility index (Phi) is 7.25. The van der Waals surface area contributed by atoms with Crippen molar-refractivity contribution < 1.29 is 14.6 Å². The number of ether oxygens (including phenoxy) is 1. The standard InChI is InChI=1S/C28H37N5O3/c1-18-14-20-11-12-21(30-27(20)29-15-18)8-5-4-6-13-36-22-16-33(17-22)26(28(34)35)24-10-7-9-23-19(2)31-32(3)25(23)24/h7,9-10,14-15,21-22,26H,4-6,8,11-13,16-17H2,1-3H3,(H,29,30)(H,34,35). The number of pyridine rings is 1. The van der Waals surface area contributed by atoms with Crippen LogP contribution in [0.5, 0.6) is 0 Å². The third kappa shape index (κ3) is 5.11. The number of aromatic nitrogens is 3. The lowest BCUT2D eigenvalue weighted by molar-refractivity contribution is -0.150. The van der Waals surface area contributed by atoms with Crippen LogP contribution in [0.1, 0.15) is 60.5 Å². The fraction of sp³-hybridized carbons (Fsp3) is 0.536. The Morgan fingerprint density at radius 3 is 2.89 bits per heavy atom. The number of anilines is 1. The molecule has 2 N–H and O–H groups in total. The van der Waals surface area contributed by atoms with Gasteiger partial charge in [-0.2, -0.15) is 5.10 Å². The highest BCUT2D eigenvalue weighted by Gasteiger charge is 2.39. The summed E-state index contributed by atoms with van der Waals surface area (Å²) in [4.78, 5) is 18.8. The largest absolute Gasteiger partial charge is 0.480 e. The number of fused-ring (bicyclic) bond motifs is 2. The van der Waals surface area contributed by atoms with Gasteiger partial charge in [-0.1, -0.05) is 37.1 Å². The number of nitrogens with one attached hydrogen (secondary N) is 1. The zero-order chi connectivity index (χ0) is 25.2. The topological polar surface area (TPSA) is 92.5 Å². The fourth-order valence-electron chi connectivity index (χ4n) is 5.72. The molecule has 36 heavy (non-hydrogen) atoms.